The summed E-state index contributed by atoms with van der Waals surface area (Å²) in [5.41, 5.74) is 0.794. The molecule has 0 fully saturated rings. The van der Waals surface area contributed by atoms with Gasteiger partial charge >= 0.3 is 0 Å². The highest BCUT2D eigenvalue weighted by Gasteiger charge is 2.06. The maximum absolute atomic E-state index is 5.85. The zero-order chi connectivity index (χ0) is 10.1. The van der Waals surface area contributed by atoms with Crippen LogP contribution in [-0.2, 0) is 6.54 Å². The minimum atomic E-state index is 0.453. The van der Waals surface area contributed by atoms with Crippen LogP contribution in [0.15, 0.2) is 10.6 Å². The molecule has 0 radical (unpaired) electrons. The first kappa shape index (κ1) is 9.21. The van der Waals surface area contributed by atoms with Crippen molar-refractivity contribution in [3.63, 3.8) is 0 Å². The summed E-state index contributed by atoms with van der Waals surface area (Å²) in [5.74, 6) is 1.08. The fraction of sp³-hybridized carbons (Fsp3) is 0.375. The summed E-state index contributed by atoms with van der Waals surface area (Å²) in [6.07, 6.45) is 1.73. The van der Waals surface area contributed by atoms with Crippen molar-refractivity contribution in [2.75, 3.05) is 0 Å². The van der Waals surface area contributed by atoms with E-state index in [9.17, 15) is 0 Å². The summed E-state index contributed by atoms with van der Waals surface area (Å²) < 4.78 is 6.88. The molecule has 74 valence electrons. The third kappa shape index (κ3) is 1.77. The molecule has 0 aliphatic rings. The van der Waals surface area contributed by atoms with E-state index in [1.807, 2.05) is 6.92 Å². The van der Waals surface area contributed by atoms with Crippen LogP contribution in [0.3, 0.4) is 0 Å². The molecule has 0 unspecified atom stereocenters. The summed E-state index contributed by atoms with van der Waals surface area (Å²) >= 11 is 5.85. The molecule has 2 aromatic heterocycles. The van der Waals surface area contributed by atoms with Gasteiger partial charge in [0.15, 0.2) is 0 Å². The molecule has 0 aliphatic heterocycles. The summed E-state index contributed by atoms with van der Waals surface area (Å²) in [6.45, 7) is 4.05. The predicted octanol–water partition coefficient (Wildman–Crippen LogP) is 1.58. The number of aryl methyl sites for hydroxylation is 2. The van der Waals surface area contributed by atoms with E-state index in [4.69, 9.17) is 16.0 Å². The number of aromatic nitrogens is 4. The third-order valence-corrected chi connectivity index (χ3v) is 2.12. The maximum Gasteiger partial charge on any atom is 0.237 e. The van der Waals surface area contributed by atoms with Gasteiger partial charge in [-0.25, -0.2) is 0 Å². The molecule has 0 atom stereocenters. The maximum atomic E-state index is 5.85. The second-order valence-electron chi connectivity index (χ2n) is 2.97. The zero-order valence-electron chi connectivity index (χ0n) is 7.86. The minimum absolute atomic E-state index is 0.453. The van der Waals surface area contributed by atoms with Gasteiger partial charge in [-0.1, -0.05) is 11.6 Å². The van der Waals surface area contributed by atoms with Crippen LogP contribution < -0.4 is 0 Å². The Morgan fingerprint density at radius 3 is 2.71 bits per heavy atom. The minimum Gasteiger partial charge on any atom is -0.424 e. The first-order valence-electron chi connectivity index (χ1n) is 4.13. The van der Waals surface area contributed by atoms with Gasteiger partial charge in [0.1, 0.15) is 6.54 Å². The summed E-state index contributed by atoms with van der Waals surface area (Å²) in [5, 5.41) is 12.4. The van der Waals surface area contributed by atoms with Gasteiger partial charge in [-0.3, -0.25) is 4.68 Å². The van der Waals surface area contributed by atoms with Crippen LogP contribution in [0.4, 0.5) is 0 Å². The number of hydrogen-bond donors (Lipinski definition) is 0. The lowest BCUT2D eigenvalue weighted by molar-refractivity contribution is 0.444. The first-order valence-corrected chi connectivity index (χ1v) is 4.51. The van der Waals surface area contributed by atoms with E-state index in [-0.39, 0.29) is 0 Å². The van der Waals surface area contributed by atoms with Gasteiger partial charge in [-0.05, 0) is 6.92 Å². The summed E-state index contributed by atoms with van der Waals surface area (Å²) in [7, 11) is 0. The van der Waals surface area contributed by atoms with Crippen molar-refractivity contribution in [2.45, 2.75) is 20.4 Å². The lowest BCUT2D eigenvalue weighted by Gasteiger charge is -1.93. The molecule has 0 saturated carbocycles. The van der Waals surface area contributed by atoms with E-state index in [0.717, 1.165) is 5.69 Å². The fourth-order valence-corrected chi connectivity index (χ4v) is 1.26. The average Bonchev–Trinajstić information content (AvgIpc) is 2.62. The van der Waals surface area contributed by atoms with Crippen molar-refractivity contribution in [1.29, 1.82) is 0 Å². The van der Waals surface area contributed by atoms with Crippen LogP contribution in [0.2, 0.25) is 5.02 Å². The van der Waals surface area contributed by atoms with E-state index < -0.39 is 0 Å². The molecule has 0 saturated heterocycles. The zero-order valence-corrected chi connectivity index (χ0v) is 8.62. The molecule has 6 heteroatoms. The molecule has 0 N–H and O–H groups in total. The second-order valence-corrected chi connectivity index (χ2v) is 3.38. The second kappa shape index (κ2) is 3.42. The Morgan fingerprint density at radius 1 is 1.43 bits per heavy atom. The van der Waals surface area contributed by atoms with Gasteiger partial charge in [0, 0.05) is 13.1 Å². The van der Waals surface area contributed by atoms with E-state index in [1.165, 1.54) is 0 Å². The molecular weight excluding hydrogens is 204 g/mol. The average molecular weight is 213 g/mol. The molecule has 5 nitrogen and oxygen atoms in total. The van der Waals surface area contributed by atoms with E-state index in [2.05, 4.69) is 15.3 Å². The van der Waals surface area contributed by atoms with Crippen molar-refractivity contribution >= 4 is 11.6 Å². The Morgan fingerprint density at radius 2 is 2.21 bits per heavy atom. The Labute approximate surface area is 85.7 Å². The molecule has 0 aliphatic carbocycles. The Hall–Kier alpha value is -1.36. The van der Waals surface area contributed by atoms with Gasteiger partial charge in [0.25, 0.3) is 0 Å². The van der Waals surface area contributed by atoms with Crippen molar-refractivity contribution in [1.82, 2.24) is 20.0 Å². The van der Waals surface area contributed by atoms with Crippen molar-refractivity contribution in [3.8, 4) is 0 Å². The van der Waals surface area contributed by atoms with Gasteiger partial charge in [-0.2, -0.15) is 5.10 Å². The largest absolute Gasteiger partial charge is 0.424 e. The molecule has 0 spiro atoms. The fourth-order valence-electron chi connectivity index (χ4n) is 1.11. The first-order chi connectivity index (χ1) is 6.65. The highest BCUT2D eigenvalue weighted by atomic mass is 35.5. The molecule has 0 aromatic carbocycles. The van der Waals surface area contributed by atoms with Crippen LogP contribution in [0.1, 0.15) is 17.5 Å². The molecule has 2 heterocycles. The number of halogens is 1. The lowest BCUT2D eigenvalue weighted by atomic mass is 10.5. The molecule has 0 amide bonds. The quantitative estimate of drug-likeness (QED) is 0.759. The van der Waals surface area contributed by atoms with Crippen LogP contribution in [0.5, 0.6) is 0 Å². The Balaban J connectivity index is 2.18. The molecule has 2 rings (SSSR count). The molecular formula is C8H9ClN4O. The van der Waals surface area contributed by atoms with Crippen molar-refractivity contribution < 1.29 is 4.42 Å². The smallest absolute Gasteiger partial charge is 0.237 e. The van der Waals surface area contributed by atoms with Crippen molar-refractivity contribution in [3.05, 3.63) is 28.7 Å². The number of rotatable bonds is 2. The normalized spacial score (nSPS) is 10.8. The highest BCUT2D eigenvalue weighted by molar-refractivity contribution is 6.31. The van der Waals surface area contributed by atoms with Gasteiger partial charge in [0.05, 0.1) is 10.7 Å². The Kier molecular flexibility index (Phi) is 2.25. The van der Waals surface area contributed by atoms with E-state index >= 15 is 0 Å². The SMILES string of the molecule is Cc1nnc(Cn2cc(Cl)c(C)n2)o1. The van der Waals surface area contributed by atoms with Crippen LogP contribution in [-0.4, -0.2) is 20.0 Å². The van der Waals surface area contributed by atoms with Gasteiger partial charge in [0.2, 0.25) is 11.8 Å². The number of nitrogens with zero attached hydrogens (tertiary/aromatic N) is 4. The predicted molar refractivity (Wildman–Crippen MR) is 50.1 cm³/mol. The van der Waals surface area contributed by atoms with Gasteiger partial charge < -0.3 is 4.42 Å². The van der Waals surface area contributed by atoms with Crippen LogP contribution >= 0.6 is 11.6 Å². The van der Waals surface area contributed by atoms with E-state index in [0.29, 0.717) is 23.3 Å². The van der Waals surface area contributed by atoms with Crippen LogP contribution in [0.25, 0.3) is 0 Å². The number of hydrogen-bond acceptors (Lipinski definition) is 4. The highest BCUT2D eigenvalue weighted by Crippen LogP contribution is 2.12. The van der Waals surface area contributed by atoms with Crippen LogP contribution in [0, 0.1) is 13.8 Å². The third-order valence-electron chi connectivity index (χ3n) is 1.75. The summed E-state index contributed by atoms with van der Waals surface area (Å²) in [6, 6.07) is 0. The topological polar surface area (TPSA) is 56.7 Å². The van der Waals surface area contributed by atoms with Crippen molar-refractivity contribution in [2.24, 2.45) is 0 Å². The monoisotopic (exact) mass is 212 g/mol. The molecule has 2 aromatic rings. The molecule has 14 heavy (non-hydrogen) atoms. The summed E-state index contributed by atoms with van der Waals surface area (Å²) in [4.78, 5) is 0. The van der Waals surface area contributed by atoms with E-state index in [1.54, 1.807) is 17.8 Å². The lowest BCUT2D eigenvalue weighted by Crippen LogP contribution is -2.00. The van der Waals surface area contributed by atoms with Gasteiger partial charge in [-0.15, -0.1) is 10.2 Å². The molecule has 0 bridgehead atoms. The Bertz CT molecular complexity index is 428. The standard InChI is InChI=1S/C8H9ClN4O/c1-5-7(9)3-13(12-5)4-8-11-10-6(2)14-8/h3H,4H2,1-2H3.